The van der Waals surface area contributed by atoms with E-state index >= 15 is 0 Å². The molecule has 102 valence electrons. The molecule has 1 aromatic heterocycles. The van der Waals surface area contributed by atoms with Crippen LogP contribution in [-0.4, -0.2) is 15.8 Å². The van der Waals surface area contributed by atoms with Crippen LogP contribution in [0.5, 0.6) is 0 Å². The molecule has 8 heteroatoms. The first-order valence-corrected chi connectivity index (χ1v) is 5.72. The summed E-state index contributed by atoms with van der Waals surface area (Å²) in [6, 6.07) is 5.99. The van der Waals surface area contributed by atoms with Gasteiger partial charge in [-0.2, -0.15) is 4.39 Å². The van der Waals surface area contributed by atoms with E-state index in [2.05, 4.69) is 10.3 Å². The van der Waals surface area contributed by atoms with E-state index in [1.54, 1.807) is 0 Å². The molecule has 0 aliphatic rings. The van der Waals surface area contributed by atoms with Gasteiger partial charge in [0.2, 0.25) is 5.95 Å². The third kappa shape index (κ3) is 3.07. The Morgan fingerprint density at radius 1 is 1.35 bits per heavy atom. The van der Waals surface area contributed by atoms with Gasteiger partial charge in [0.25, 0.3) is 11.6 Å². The molecule has 0 aliphatic carbocycles. The molecule has 0 spiro atoms. The van der Waals surface area contributed by atoms with Crippen molar-refractivity contribution in [2.75, 3.05) is 5.32 Å². The number of halogens is 2. The number of nitro groups is 1. The summed E-state index contributed by atoms with van der Waals surface area (Å²) in [5.74, 6) is -1.43. The molecule has 2 rings (SSSR count). The summed E-state index contributed by atoms with van der Waals surface area (Å²) < 4.78 is 12.6. The number of hydrogen-bond acceptors (Lipinski definition) is 4. The topological polar surface area (TPSA) is 85.1 Å². The van der Waals surface area contributed by atoms with Crippen molar-refractivity contribution >= 4 is 28.9 Å². The van der Waals surface area contributed by atoms with E-state index in [1.807, 2.05) is 0 Å². The Hall–Kier alpha value is -2.54. The van der Waals surface area contributed by atoms with Crippen molar-refractivity contribution in [1.29, 1.82) is 0 Å². The van der Waals surface area contributed by atoms with Gasteiger partial charge >= 0.3 is 0 Å². The van der Waals surface area contributed by atoms with Gasteiger partial charge < -0.3 is 5.32 Å². The Morgan fingerprint density at radius 3 is 2.70 bits per heavy atom. The Labute approximate surface area is 117 Å². The van der Waals surface area contributed by atoms with Gasteiger partial charge in [0, 0.05) is 11.1 Å². The van der Waals surface area contributed by atoms with Crippen molar-refractivity contribution in [3.63, 3.8) is 0 Å². The van der Waals surface area contributed by atoms with E-state index < -0.39 is 16.8 Å². The zero-order valence-corrected chi connectivity index (χ0v) is 10.6. The number of pyridine rings is 1. The number of hydrogen-bond donors (Lipinski definition) is 1. The fourth-order valence-corrected chi connectivity index (χ4v) is 1.67. The third-order valence-corrected chi connectivity index (χ3v) is 2.62. The standard InChI is InChI=1S/C12H7ClFN3O3/c13-7-1-3-10(17(19)20)9(5-7)12(18)16-8-2-4-11(14)15-6-8/h1-6H,(H,16,18). The van der Waals surface area contributed by atoms with E-state index in [4.69, 9.17) is 11.6 Å². The molecule has 0 bridgehead atoms. The molecule has 0 aliphatic heterocycles. The molecule has 0 atom stereocenters. The summed E-state index contributed by atoms with van der Waals surface area (Å²) in [7, 11) is 0. The van der Waals surface area contributed by atoms with Gasteiger partial charge in [-0.05, 0) is 24.3 Å². The number of benzene rings is 1. The molecule has 1 amide bonds. The molecule has 1 N–H and O–H groups in total. The average Bonchev–Trinajstić information content (AvgIpc) is 2.41. The SMILES string of the molecule is O=C(Nc1ccc(F)nc1)c1cc(Cl)ccc1[N+](=O)[O-]. The Morgan fingerprint density at radius 2 is 2.10 bits per heavy atom. The van der Waals surface area contributed by atoms with E-state index in [0.29, 0.717) is 0 Å². The van der Waals surface area contributed by atoms with Gasteiger partial charge in [-0.25, -0.2) is 4.98 Å². The number of carbonyl (C=O) groups is 1. The fourth-order valence-electron chi connectivity index (χ4n) is 1.50. The number of nitrogens with zero attached hydrogens (tertiary/aromatic N) is 2. The second-order valence-corrected chi connectivity index (χ2v) is 4.18. The van der Waals surface area contributed by atoms with Crippen LogP contribution in [0.1, 0.15) is 10.4 Å². The largest absolute Gasteiger partial charge is 0.320 e. The molecule has 0 fully saturated rings. The van der Waals surface area contributed by atoms with Crippen LogP contribution in [0.25, 0.3) is 0 Å². The second kappa shape index (κ2) is 5.62. The minimum absolute atomic E-state index is 0.188. The van der Waals surface area contributed by atoms with E-state index in [-0.39, 0.29) is 22.0 Å². The predicted octanol–water partition coefficient (Wildman–Crippen LogP) is 3.03. The normalized spacial score (nSPS) is 10.1. The predicted molar refractivity (Wildman–Crippen MR) is 70.3 cm³/mol. The lowest BCUT2D eigenvalue weighted by Gasteiger charge is -2.05. The molecular formula is C12H7ClFN3O3. The maximum Gasteiger partial charge on any atom is 0.282 e. The molecule has 1 aromatic carbocycles. The van der Waals surface area contributed by atoms with E-state index in [0.717, 1.165) is 18.3 Å². The molecule has 0 radical (unpaired) electrons. The lowest BCUT2D eigenvalue weighted by atomic mass is 10.1. The summed E-state index contributed by atoms with van der Waals surface area (Å²) in [6.45, 7) is 0. The molecule has 0 saturated heterocycles. The van der Waals surface area contributed by atoms with Gasteiger partial charge in [-0.3, -0.25) is 14.9 Å². The summed E-state index contributed by atoms with van der Waals surface area (Å²) in [4.78, 5) is 25.5. The molecule has 1 heterocycles. The minimum Gasteiger partial charge on any atom is -0.320 e. The van der Waals surface area contributed by atoms with Crippen LogP contribution in [0.4, 0.5) is 15.8 Å². The maximum absolute atomic E-state index is 12.6. The van der Waals surface area contributed by atoms with Crippen LogP contribution in [0.15, 0.2) is 36.5 Å². The number of nitro benzene ring substituents is 1. The fraction of sp³-hybridized carbons (Fsp3) is 0. The molecule has 0 unspecified atom stereocenters. The Balaban J connectivity index is 2.31. The number of nitrogens with one attached hydrogen (secondary N) is 1. The minimum atomic E-state index is -0.729. The van der Waals surface area contributed by atoms with Crippen LogP contribution in [-0.2, 0) is 0 Å². The summed E-state index contributed by atoms with van der Waals surface area (Å²) in [5, 5.41) is 13.4. The second-order valence-electron chi connectivity index (χ2n) is 3.74. The van der Waals surface area contributed by atoms with E-state index in [1.165, 1.54) is 18.2 Å². The molecule has 6 nitrogen and oxygen atoms in total. The van der Waals surface area contributed by atoms with Gasteiger partial charge in [-0.1, -0.05) is 11.6 Å². The average molecular weight is 296 g/mol. The molecule has 20 heavy (non-hydrogen) atoms. The number of aromatic nitrogens is 1. The van der Waals surface area contributed by atoms with Crippen LogP contribution in [0, 0.1) is 16.1 Å². The molecule has 2 aromatic rings. The summed E-state index contributed by atoms with van der Waals surface area (Å²) in [6.07, 6.45) is 1.10. The molecule has 0 saturated carbocycles. The monoisotopic (exact) mass is 295 g/mol. The summed E-state index contributed by atoms with van der Waals surface area (Å²) >= 11 is 5.72. The highest BCUT2D eigenvalue weighted by molar-refractivity contribution is 6.31. The quantitative estimate of drug-likeness (QED) is 0.536. The van der Waals surface area contributed by atoms with Crippen molar-refractivity contribution < 1.29 is 14.1 Å². The number of rotatable bonds is 3. The lowest BCUT2D eigenvalue weighted by molar-refractivity contribution is -0.385. The van der Waals surface area contributed by atoms with Crippen LogP contribution in [0.2, 0.25) is 5.02 Å². The van der Waals surface area contributed by atoms with Gasteiger partial charge in [0.15, 0.2) is 0 Å². The Kier molecular flexibility index (Phi) is 3.90. The van der Waals surface area contributed by atoms with Crippen molar-refractivity contribution in [3.05, 3.63) is 63.2 Å². The Bertz CT molecular complexity index is 676. The van der Waals surface area contributed by atoms with Gasteiger partial charge in [0.05, 0.1) is 16.8 Å². The number of anilines is 1. The first kappa shape index (κ1) is 13.9. The van der Waals surface area contributed by atoms with Crippen LogP contribution < -0.4 is 5.32 Å². The van der Waals surface area contributed by atoms with Crippen molar-refractivity contribution in [2.24, 2.45) is 0 Å². The number of carbonyl (C=O) groups excluding carboxylic acids is 1. The highest BCUT2D eigenvalue weighted by atomic mass is 35.5. The smallest absolute Gasteiger partial charge is 0.282 e. The lowest BCUT2D eigenvalue weighted by Crippen LogP contribution is -2.14. The molecular weight excluding hydrogens is 289 g/mol. The van der Waals surface area contributed by atoms with Gasteiger partial charge in [-0.15, -0.1) is 0 Å². The maximum atomic E-state index is 12.6. The first-order chi connectivity index (χ1) is 9.47. The van der Waals surface area contributed by atoms with Gasteiger partial charge in [0.1, 0.15) is 5.56 Å². The highest BCUT2D eigenvalue weighted by Gasteiger charge is 2.20. The summed E-state index contributed by atoms with van der Waals surface area (Å²) in [5.41, 5.74) is -0.348. The van der Waals surface area contributed by atoms with Crippen molar-refractivity contribution in [1.82, 2.24) is 4.98 Å². The van der Waals surface area contributed by atoms with Crippen molar-refractivity contribution in [2.45, 2.75) is 0 Å². The number of amides is 1. The highest BCUT2D eigenvalue weighted by Crippen LogP contribution is 2.23. The first-order valence-electron chi connectivity index (χ1n) is 5.34. The zero-order valence-electron chi connectivity index (χ0n) is 9.84. The van der Waals surface area contributed by atoms with Crippen LogP contribution in [0.3, 0.4) is 0 Å². The van der Waals surface area contributed by atoms with Crippen LogP contribution >= 0.6 is 11.6 Å². The third-order valence-electron chi connectivity index (χ3n) is 2.39. The van der Waals surface area contributed by atoms with Crippen molar-refractivity contribution in [3.8, 4) is 0 Å². The van der Waals surface area contributed by atoms with E-state index in [9.17, 15) is 19.3 Å². The zero-order chi connectivity index (χ0) is 14.7.